The second-order valence-electron chi connectivity index (χ2n) is 3.46. The van der Waals surface area contributed by atoms with Gasteiger partial charge in [-0.15, -0.1) is 0 Å². The molecule has 0 aliphatic heterocycles. The van der Waals surface area contributed by atoms with Crippen molar-refractivity contribution in [1.82, 2.24) is 9.55 Å². The van der Waals surface area contributed by atoms with Crippen LogP contribution in [0.15, 0.2) is 30.5 Å². The van der Waals surface area contributed by atoms with Gasteiger partial charge < -0.3 is 14.7 Å². The fourth-order valence-electron chi connectivity index (χ4n) is 1.51. The maximum atomic E-state index is 12.7. The first-order valence-electron chi connectivity index (χ1n) is 4.83. The Kier molecular flexibility index (Phi) is 3.17. The Bertz CT molecular complexity index is 530. The number of aliphatic hydroxyl groups is 1. The minimum Gasteiger partial charge on any atom is -0.390 e. The summed E-state index contributed by atoms with van der Waals surface area (Å²) >= 11 is 5.09. The number of hydrogen-bond donors (Lipinski definition) is 2. The summed E-state index contributed by atoms with van der Waals surface area (Å²) < 4.78 is 15.0. The van der Waals surface area contributed by atoms with Crippen LogP contribution in [0.5, 0.6) is 0 Å². The van der Waals surface area contributed by atoms with Gasteiger partial charge in [-0.3, -0.25) is 0 Å². The molecule has 0 radical (unpaired) electrons. The first-order valence-corrected chi connectivity index (χ1v) is 5.24. The van der Waals surface area contributed by atoms with Crippen LogP contribution in [-0.4, -0.2) is 14.7 Å². The molecule has 0 bridgehead atoms. The van der Waals surface area contributed by atoms with E-state index in [1.807, 2.05) is 0 Å². The molecule has 0 fully saturated rings. The molecule has 2 aromatic rings. The number of nitrogens with one attached hydrogen (secondary N) is 1. The molecule has 1 aromatic carbocycles. The smallest absolute Gasteiger partial charge is 0.177 e. The van der Waals surface area contributed by atoms with E-state index < -0.39 is 0 Å². The zero-order valence-corrected chi connectivity index (χ0v) is 9.30. The molecular weight excluding hydrogens is 227 g/mol. The van der Waals surface area contributed by atoms with Crippen LogP contribution in [0, 0.1) is 10.6 Å². The standard InChI is InChI=1S/C11H11FN2OS/c12-9-3-1-8(2-4-9)6-14-10(7-15)5-13-11(14)16/h1-5,15H,6-7H2,(H,13,16). The van der Waals surface area contributed by atoms with Crippen LogP contribution < -0.4 is 0 Å². The van der Waals surface area contributed by atoms with E-state index >= 15 is 0 Å². The molecular formula is C11H11FN2OS. The molecule has 0 aliphatic rings. The monoisotopic (exact) mass is 238 g/mol. The molecule has 1 heterocycles. The van der Waals surface area contributed by atoms with Crippen molar-refractivity contribution in [3.8, 4) is 0 Å². The van der Waals surface area contributed by atoms with E-state index in [1.165, 1.54) is 12.1 Å². The van der Waals surface area contributed by atoms with Crippen molar-refractivity contribution in [3.05, 3.63) is 52.3 Å². The quantitative estimate of drug-likeness (QED) is 0.805. The highest BCUT2D eigenvalue weighted by Crippen LogP contribution is 2.09. The maximum Gasteiger partial charge on any atom is 0.177 e. The number of benzene rings is 1. The first-order chi connectivity index (χ1) is 7.70. The number of nitrogens with zero attached hydrogens (tertiary/aromatic N) is 1. The minimum atomic E-state index is -0.260. The van der Waals surface area contributed by atoms with Crippen molar-refractivity contribution < 1.29 is 9.50 Å². The van der Waals surface area contributed by atoms with Crippen molar-refractivity contribution in [1.29, 1.82) is 0 Å². The van der Waals surface area contributed by atoms with E-state index in [0.717, 1.165) is 5.56 Å². The maximum absolute atomic E-state index is 12.7. The molecule has 0 amide bonds. The zero-order chi connectivity index (χ0) is 11.5. The van der Waals surface area contributed by atoms with Crippen LogP contribution in [0.1, 0.15) is 11.3 Å². The molecule has 1 aromatic heterocycles. The predicted octanol–water partition coefficient (Wildman–Crippen LogP) is 2.23. The van der Waals surface area contributed by atoms with Gasteiger partial charge in [-0.1, -0.05) is 12.1 Å². The molecule has 2 N–H and O–H groups in total. The number of aromatic nitrogens is 2. The normalized spacial score (nSPS) is 10.6. The Labute approximate surface area is 97.2 Å². The number of hydrogen-bond acceptors (Lipinski definition) is 2. The first kappa shape index (κ1) is 11.0. The number of imidazole rings is 1. The topological polar surface area (TPSA) is 40.9 Å². The predicted molar refractivity (Wildman–Crippen MR) is 61.0 cm³/mol. The van der Waals surface area contributed by atoms with Gasteiger partial charge in [-0.2, -0.15) is 0 Å². The summed E-state index contributed by atoms with van der Waals surface area (Å²) in [6.45, 7) is 0.451. The number of H-pyrrole nitrogens is 1. The highest BCUT2D eigenvalue weighted by atomic mass is 32.1. The Morgan fingerprint density at radius 1 is 1.31 bits per heavy atom. The highest BCUT2D eigenvalue weighted by Gasteiger charge is 2.03. The van der Waals surface area contributed by atoms with Crippen molar-refractivity contribution in [2.45, 2.75) is 13.2 Å². The van der Waals surface area contributed by atoms with Crippen LogP contribution in [0.4, 0.5) is 4.39 Å². The highest BCUT2D eigenvalue weighted by molar-refractivity contribution is 7.71. The van der Waals surface area contributed by atoms with Gasteiger partial charge >= 0.3 is 0 Å². The minimum absolute atomic E-state index is 0.0751. The van der Waals surface area contributed by atoms with Crippen molar-refractivity contribution in [2.24, 2.45) is 0 Å². The van der Waals surface area contributed by atoms with E-state index in [4.69, 9.17) is 17.3 Å². The second kappa shape index (κ2) is 4.59. The average Bonchev–Trinajstić information content (AvgIpc) is 2.63. The van der Waals surface area contributed by atoms with E-state index in [9.17, 15) is 4.39 Å². The van der Waals surface area contributed by atoms with E-state index in [0.29, 0.717) is 17.0 Å². The molecule has 84 valence electrons. The third-order valence-electron chi connectivity index (χ3n) is 2.37. The summed E-state index contributed by atoms with van der Waals surface area (Å²) in [6.07, 6.45) is 1.67. The van der Waals surface area contributed by atoms with Gasteiger partial charge in [-0.05, 0) is 29.9 Å². The lowest BCUT2D eigenvalue weighted by molar-refractivity contribution is 0.271. The molecule has 0 atom stereocenters. The van der Waals surface area contributed by atoms with Gasteiger partial charge in [-0.25, -0.2) is 4.39 Å². The van der Waals surface area contributed by atoms with Gasteiger partial charge in [0.15, 0.2) is 4.77 Å². The summed E-state index contributed by atoms with van der Waals surface area (Å²) in [6, 6.07) is 6.21. The average molecular weight is 238 g/mol. The van der Waals surface area contributed by atoms with Gasteiger partial charge in [0.2, 0.25) is 0 Å². The summed E-state index contributed by atoms with van der Waals surface area (Å²) in [5, 5.41) is 9.11. The largest absolute Gasteiger partial charge is 0.390 e. The number of aromatic amines is 1. The molecule has 0 aliphatic carbocycles. The Hall–Kier alpha value is -1.46. The van der Waals surface area contributed by atoms with Crippen molar-refractivity contribution >= 4 is 12.2 Å². The van der Waals surface area contributed by atoms with Crippen LogP contribution in [-0.2, 0) is 13.2 Å². The molecule has 16 heavy (non-hydrogen) atoms. The second-order valence-corrected chi connectivity index (χ2v) is 3.84. The van der Waals surface area contributed by atoms with Gasteiger partial charge in [0.1, 0.15) is 5.82 Å². The van der Waals surface area contributed by atoms with E-state index in [2.05, 4.69) is 4.98 Å². The molecule has 0 spiro atoms. The Morgan fingerprint density at radius 3 is 2.62 bits per heavy atom. The summed E-state index contributed by atoms with van der Waals surface area (Å²) in [5.74, 6) is -0.260. The zero-order valence-electron chi connectivity index (χ0n) is 8.48. The van der Waals surface area contributed by atoms with Gasteiger partial charge in [0, 0.05) is 6.20 Å². The lowest BCUT2D eigenvalue weighted by Crippen LogP contribution is -2.04. The Morgan fingerprint density at radius 2 is 2.00 bits per heavy atom. The fourth-order valence-corrected chi connectivity index (χ4v) is 1.75. The van der Waals surface area contributed by atoms with Crippen LogP contribution in [0.25, 0.3) is 0 Å². The molecule has 3 nitrogen and oxygen atoms in total. The third-order valence-corrected chi connectivity index (χ3v) is 2.71. The molecule has 0 saturated carbocycles. The summed E-state index contributed by atoms with van der Waals surface area (Å²) in [4.78, 5) is 2.86. The fraction of sp³-hybridized carbons (Fsp3) is 0.182. The lowest BCUT2D eigenvalue weighted by Gasteiger charge is -2.06. The van der Waals surface area contributed by atoms with Crippen LogP contribution in [0.2, 0.25) is 0 Å². The molecule has 0 unspecified atom stereocenters. The van der Waals surface area contributed by atoms with E-state index in [1.54, 1.807) is 22.9 Å². The lowest BCUT2D eigenvalue weighted by atomic mass is 10.2. The number of rotatable bonds is 3. The van der Waals surface area contributed by atoms with Crippen molar-refractivity contribution in [2.75, 3.05) is 0 Å². The summed E-state index contributed by atoms with van der Waals surface area (Å²) in [7, 11) is 0. The molecule has 0 saturated heterocycles. The van der Waals surface area contributed by atoms with Crippen LogP contribution in [0.3, 0.4) is 0 Å². The molecule has 2 rings (SSSR count). The number of halogens is 1. The van der Waals surface area contributed by atoms with Gasteiger partial charge in [0.25, 0.3) is 0 Å². The van der Waals surface area contributed by atoms with Crippen molar-refractivity contribution in [3.63, 3.8) is 0 Å². The number of aliphatic hydroxyl groups excluding tert-OH is 1. The Balaban J connectivity index is 2.29. The van der Waals surface area contributed by atoms with Crippen LogP contribution >= 0.6 is 12.2 Å². The summed E-state index contributed by atoms with van der Waals surface area (Å²) in [5.41, 5.74) is 1.65. The molecule has 5 heteroatoms. The van der Waals surface area contributed by atoms with Gasteiger partial charge in [0.05, 0.1) is 18.8 Å². The SMILES string of the molecule is OCc1c[nH]c(=S)n1Cc1ccc(F)cc1. The van der Waals surface area contributed by atoms with E-state index in [-0.39, 0.29) is 12.4 Å². The third kappa shape index (κ3) is 2.20.